The van der Waals surface area contributed by atoms with Crippen molar-refractivity contribution in [3.05, 3.63) is 30.2 Å². The third-order valence-corrected chi connectivity index (χ3v) is 3.59. The van der Waals surface area contributed by atoms with Gasteiger partial charge in [0, 0.05) is 30.9 Å². The first-order valence-electron chi connectivity index (χ1n) is 6.60. The molecule has 0 aliphatic carbocycles. The summed E-state index contributed by atoms with van der Waals surface area (Å²) in [6.45, 7) is 1.14. The molecule has 2 aromatic rings. The number of aromatic nitrogens is 2. The molecule has 1 N–H and O–H groups in total. The van der Waals surface area contributed by atoms with Crippen LogP contribution in [0.4, 0.5) is 0 Å². The van der Waals surface area contributed by atoms with Crippen LogP contribution in [-0.4, -0.2) is 29.1 Å². The smallest absolute Gasteiger partial charge is 0.140 e. The van der Waals surface area contributed by atoms with Gasteiger partial charge in [0.15, 0.2) is 0 Å². The Hall–Kier alpha value is -1.55. The van der Waals surface area contributed by atoms with E-state index in [2.05, 4.69) is 20.9 Å². The molecule has 4 nitrogen and oxygen atoms in total. The van der Waals surface area contributed by atoms with Gasteiger partial charge in [0.25, 0.3) is 0 Å². The monoisotopic (exact) mass is 245 g/mol. The molecular formula is C14H19N3O. The quantitative estimate of drug-likeness (QED) is 0.899. The highest BCUT2D eigenvalue weighted by Crippen LogP contribution is 2.16. The van der Waals surface area contributed by atoms with Crippen LogP contribution in [-0.2, 0) is 6.42 Å². The molecule has 0 amide bonds. The van der Waals surface area contributed by atoms with E-state index in [1.807, 2.05) is 18.3 Å². The van der Waals surface area contributed by atoms with E-state index in [-0.39, 0.29) is 0 Å². The van der Waals surface area contributed by atoms with Crippen molar-refractivity contribution in [1.82, 2.24) is 14.7 Å². The van der Waals surface area contributed by atoms with Crippen molar-refractivity contribution in [1.29, 1.82) is 0 Å². The second-order valence-electron chi connectivity index (χ2n) is 4.92. The molecule has 0 aromatic carbocycles. The van der Waals surface area contributed by atoms with E-state index in [1.54, 1.807) is 7.11 Å². The lowest BCUT2D eigenvalue weighted by Gasteiger charge is -2.22. The van der Waals surface area contributed by atoms with E-state index < -0.39 is 0 Å². The highest BCUT2D eigenvalue weighted by atomic mass is 16.5. The fraction of sp³-hybridized carbons (Fsp3) is 0.500. The Balaban J connectivity index is 1.79. The maximum Gasteiger partial charge on any atom is 0.140 e. The third-order valence-electron chi connectivity index (χ3n) is 3.59. The van der Waals surface area contributed by atoms with Crippen LogP contribution in [0.1, 0.15) is 25.0 Å². The van der Waals surface area contributed by atoms with Crippen LogP contribution in [0, 0.1) is 0 Å². The summed E-state index contributed by atoms with van der Waals surface area (Å²) >= 11 is 0. The van der Waals surface area contributed by atoms with Crippen molar-refractivity contribution >= 4 is 5.65 Å². The van der Waals surface area contributed by atoms with Gasteiger partial charge in [0.1, 0.15) is 11.4 Å². The number of nitrogens with one attached hydrogen (secondary N) is 1. The summed E-state index contributed by atoms with van der Waals surface area (Å²) in [6.07, 6.45) is 9.03. The van der Waals surface area contributed by atoms with Gasteiger partial charge in [-0.15, -0.1) is 0 Å². The zero-order valence-electron chi connectivity index (χ0n) is 10.7. The van der Waals surface area contributed by atoms with Crippen molar-refractivity contribution in [2.45, 2.75) is 31.7 Å². The number of piperidine rings is 1. The normalized spacial score (nSPS) is 20.2. The van der Waals surface area contributed by atoms with E-state index in [1.165, 1.54) is 19.3 Å². The third kappa shape index (κ3) is 2.34. The molecule has 0 spiro atoms. The van der Waals surface area contributed by atoms with Gasteiger partial charge in [0.05, 0.1) is 12.8 Å². The molecule has 1 atom stereocenters. The minimum atomic E-state index is 0.588. The summed E-state index contributed by atoms with van der Waals surface area (Å²) in [7, 11) is 1.68. The lowest BCUT2D eigenvalue weighted by atomic mass is 10.0. The van der Waals surface area contributed by atoms with E-state index in [0.717, 1.165) is 30.1 Å². The fourth-order valence-corrected chi connectivity index (χ4v) is 2.59. The summed E-state index contributed by atoms with van der Waals surface area (Å²) in [6, 6.07) is 4.51. The maximum atomic E-state index is 5.22. The minimum Gasteiger partial charge on any atom is -0.497 e. The van der Waals surface area contributed by atoms with Crippen molar-refractivity contribution in [2.75, 3.05) is 13.7 Å². The molecule has 1 aliphatic rings. The van der Waals surface area contributed by atoms with Gasteiger partial charge in [0.2, 0.25) is 0 Å². The van der Waals surface area contributed by atoms with Crippen molar-refractivity contribution in [2.24, 2.45) is 0 Å². The summed E-state index contributed by atoms with van der Waals surface area (Å²) in [5.41, 5.74) is 2.11. The number of fused-ring (bicyclic) bond motifs is 1. The minimum absolute atomic E-state index is 0.588. The molecule has 0 unspecified atom stereocenters. The van der Waals surface area contributed by atoms with Gasteiger partial charge in [-0.05, 0) is 25.5 Å². The van der Waals surface area contributed by atoms with Crippen molar-refractivity contribution in [3.8, 4) is 5.75 Å². The molecule has 3 rings (SSSR count). The molecule has 1 aliphatic heterocycles. The van der Waals surface area contributed by atoms with Crippen molar-refractivity contribution < 1.29 is 4.74 Å². The van der Waals surface area contributed by atoms with Crippen LogP contribution in [0.25, 0.3) is 5.65 Å². The molecular weight excluding hydrogens is 226 g/mol. The van der Waals surface area contributed by atoms with E-state index >= 15 is 0 Å². The van der Waals surface area contributed by atoms with Crippen LogP contribution in [0.2, 0.25) is 0 Å². The standard InChI is InChI=1S/C14H19N3O/c1-18-13-5-7-17-10-12(16-14(17)9-13)8-11-4-2-3-6-15-11/h5,7,9-11,15H,2-4,6,8H2,1H3/t11-/m0/s1. The van der Waals surface area contributed by atoms with Gasteiger partial charge in [-0.3, -0.25) is 0 Å². The van der Waals surface area contributed by atoms with E-state index in [4.69, 9.17) is 4.74 Å². The summed E-state index contributed by atoms with van der Waals surface area (Å²) in [4.78, 5) is 4.66. The number of imidazole rings is 1. The van der Waals surface area contributed by atoms with Gasteiger partial charge in [-0.1, -0.05) is 6.42 Å². The molecule has 2 aromatic heterocycles. The Morgan fingerprint density at radius 2 is 2.44 bits per heavy atom. The number of hydrogen-bond donors (Lipinski definition) is 1. The molecule has 96 valence electrons. The summed E-state index contributed by atoms with van der Waals surface area (Å²) in [5, 5.41) is 3.56. The number of methoxy groups -OCH3 is 1. The van der Waals surface area contributed by atoms with Gasteiger partial charge < -0.3 is 14.5 Å². The predicted molar refractivity (Wildman–Crippen MR) is 71.1 cm³/mol. The fourth-order valence-electron chi connectivity index (χ4n) is 2.59. The zero-order valence-corrected chi connectivity index (χ0v) is 10.7. The summed E-state index contributed by atoms with van der Waals surface area (Å²) in [5.74, 6) is 0.857. The largest absolute Gasteiger partial charge is 0.497 e. The number of rotatable bonds is 3. The first-order chi connectivity index (χ1) is 8.85. The highest BCUT2D eigenvalue weighted by Gasteiger charge is 2.14. The number of ether oxygens (including phenoxy) is 1. The van der Waals surface area contributed by atoms with Crippen LogP contribution < -0.4 is 10.1 Å². The van der Waals surface area contributed by atoms with Gasteiger partial charge in [-0.25, -0.2) is 4.98 Å². The Morgan fingerprint density at radius 3 is 3.22 bits per heavy atom. The lowest BCUT2D eigenvalue weighted by Crippen LogP contribution is -2.35. The van der Waals surface area contributed by atoms with E-state index in [0.29, 0.717) is 6.04 Å². The zero-order chi connectivity index (χ0) is 12.4. The second-order valence-corrected chi connectivity index (χ2v) is 4.92. The molecule has 3 heterocycles. The summed E-state index contributed by atoms with van der Waals surface area (Å²) < 4.78 is 7.27. The van der Waals surface area contributed by atoms with Crippen LogP contribution >= 0.6 is 0 Å². The molecule has 0 bridgehead atoms. The Bertz CT molecular complexity index is 529. The highest BCUT2D eigenvalue weighted by molar-refractivity contribution is 5.45. The average Bonchev–Trinajstić information content (AvgIpc) is 2.80. The Kier molecular flexibility index (Phi) is 3.19. The predicted octanol–water partition coefficient (Wildman–Crippen LogP) is 2.03. The van der Waals surface area contributed by atoms with Crippen LogP contribution in [0.5, 0.6) is 5.75 Å². The second kappa shape index (κ2) is 4.98. The molecule has 4 heteroatoms. The molecule has 0 saturated carbocycles. The van der Waals surface area contributed by atoms with Crippen LogP contribution in [0.15, 0.2) is 24.5 Å². The maximum absolute atomic E-state index is 5.22. The topological polar surface area (TPSA) is 38.6 Å². The van der Waals surface area contributed by atoms with Crippen molar-refractivity contribution in [3.63, 3.8) is 0 Å². The Labute approximate surface area is 107 Å². The molecule has 1 saturated heterocycles. The first-order valence-corrected chi connectivity index (χ1v) is 6.60. The number of hydrogen-bond acceptors (Lipinski definition) is 3. The first kappa shape index (κ1) is 11.5. The molecule has 18 heavy (non-hydrogen) atoms. The lowest BCUT2D eigenvalue weighted by molar-refractivity contribution is 0.397. The van der Waals surface area contributed by atoms with E-state index in [9.17, 15) is 0 Å². The van der Waals surface area contributed by atoms with Crippen LogP contribution in [0.3, 0.4) is 0 Å². The molecule has 0 radical (unpaired) electrons. The van der Waals surface area contributed by atoms with Gasteiger partial charge in [-0.2, -0.15) is 0 Å². The molecule has 1 fully saturated rings. The average molecular weight is 245 g/mol. The SMILES string of the molecule is COc1ccn2cc(C[C@@H]3CCCCN3)nc2c1. The van der Waals surface area contributed by atoms with Gasteiger partial charge >= 0.3 is 0 Å². The Morgan fingerprint density at radius 1 is 1.50 bits per heavy atom. The number of pyridine rings is 1. The number of nitrogens with zero attached hydrogens (tertiary/aromatic N) is 2.